The van der Waals surface area contributed by atoms with Crippen LogP contribution in [0.3, 0.4) is 0 Å². The van der Waals surface area contributed by atoms with Crippen LogP contribution in [-0.4, -0.2) is 14.5 Å². The van der Waals surface area contributed by atoms with E-state index in [9.17, 15) is 0 Å². The van der Waals surface area contributed by atoms with Crippen LogP contribution in [0.25, 0.3) is 21.2 Å². The van der Waals surface area contributed by atoms with Crippen LogP contribution < -0.4 is 0 Å². The summed E-state index contributed by atoms with van der Waals surface area (Å²) in [6.45, 7) is 0.796. The second-order valence-electron chi connectivity index (χ2n) is 4.97. The third kappa shape index (κ3) is 2.34. The van der Waals surface area contributed by atoms with E-state index >= 15 is 0 Å². The molecule has 0 aliphatic heterocycles. The molecule has 21 heavy (non-hydrogen) atoms. The molecule has 0 radical (unpaired) electrons. The number of imidazole rings is 1. The van der Waals surface area contributed by atoms with Crippen LogP contribution in [0.5, 0.6) is 0 Å². The lowest BCUT2D eigenvalue weighted by atomic mass is 10.1. The topological polar surface area (TPSA) is 30.7 Å². The van der Waals surface area contributed by atoms with Gasteiger partial charge in [-0.3, -0.25) is 4.98 Å². The van der Waals surface area contributed by atoms with Crippen LogP contribution in [0.2, 0.25) is 0 Å². The number of benzene rings is 1. The number of thiophene rings is 1. The van der Waals surface area contributed by atoms with Crippen molar-refractivity contribution in [1.82, 2.24) is 14.5 Å². The van der Waals surface area contributed by atoms with Crippen LogP contribution in [0.4, 0.5) is 0 Å². The van der Waals surface area contributed by atoms with Crippen LogP contribution in [-0.2, 0) is 6.54 Å². The summed E-state index contributed by atoms with van der Waals surface area (Å²) in [4.78, 5) is 9.76. The van der Waals surface area contributed by atoms with E-state index in [0.717, 1.165) is 6.54 Å². The first-order chi connectivity index (χ1) is 10.4. The molecule has 102 valence electrons. The Hall–Kier alpha value is -2.46. The number of aromatic nitrogens is 3. The maximum absolute atomic E-state index is 4.40. The van der Waals surface area contributed by atoms with E-state index in [4.69, 9.17) is 0 Å². The van der Waals surface area contributed by atoms with Gasteiger partial charge in [0.05, 0.1) is 12.9 Å². The Morgan fingerprint density at radius 2 is 2.05 bits per heavy atom. The minimum Gasteiger partial charge on any atom is -0.333 e. The van der Waals surface area contributed by atoms with E-state index in [1.807, 2.05) is 29.5 Å². The maximum Gasteiger partial charge on any atom is 0.0949 e. The largest absolute Gasteiger partial charge is 0.333 e. The molecule has 1 aromatic carbocycles. The van der Waals surface area contributed by atoms with Gasteiger partial charge in [0.1, 0.15) is 0 Å². The Labute approximate surface area is 126 Å². The highest BCUT2D eigenvalue weighted by molar-refractivity contribution is 7.15. The summed E-state index contributed by atoms with van der Waals surface area (Å²) in [5.74, 6) is 0. The maximum atomic E-state index is 4.40. The molecule has 0 unspecified atom stereocenters. The van der Waals surface area contributed by atoms with E-state index in [1.54, 1.807) is 17.5 Å². The van der Waals surface area contributed by atoms with Crippen molar-refractivity contribution in [3.05, 3.63) is 72.4 Å². The number of hydrogen-bond donors (Lipinski definition) is 0. The Bertz CT molecular complexity index is 878. The summed E-state index contributed by atoms with van der Waals surface area (Å²) in [7, 11) is 0. The predicted octanol–water partition coefficient (Wildman–Crippen LogP) is 4.21. The van der Waals surface area contributed by atoms with Gasteiger partial charge >= 0.3 is 0 Å². The summed E-state index contributed by atoms with van der Waals surface area (Å²) in [6.07, 6.45) is 9.44. The highest BCUT2D eigenvalue weighted by Crippen LogP contribution is 2.34. The molecule has 0 spiro atoms. The molecular formula is C17H13N3S. The lowest BCUT2D eigenvalue weighted by Gasteiger charge is -2.05. The van der Waals surface area contributed by atoms with E-state index in [2.05, 4.69) is 45.7 Å². The van der Waals surface area contributed by atoms with Gasteiger partial charge in [0.15, 0.2) is 0 Å². The van der Waals surface area contributed by atoms with Crippen molar-refractivity contribution in [2.24, 2.45) is 0 Å². The van der Waals surface area contributed by atoms with Gasteiger partial charge in [-0.2, -0.15) is 0 Å². The zero-order valence-electron chi connectivity index (χ0n) is 11.3. The van der Waals surface area contributed by atoms with Crippen molar-refractivity contribution in [3.63, 3.8) is 0 Å². The number of pyridine rings is 1. The average Bonchev–Trinajstić information content (AvgIpc) is 3.16. The van der Waals surface area contributed by atoms with Gasteiger partial charge in [0, 0.05) is 40.6 Å². The van der Waals surface area contributed by atoms with Crippen LogP contribution in [0.1, 0.15) is 5.56 Å². The predicted molar refractivity (Wildman–Crippen MR) is 86.4 cm³/mol. The monoisotopic (exact) mass is 291 g/mol. The average molecular weight is 291 g/mol. The lowest BCUT2D eigenvalue weighted by molar-refractivity contribution is 0.794. The summed E-state index contributed by atoms with van der Waals surface area (Å²) in [5, 5.41) is 4.79. The molecular weight excluding hydrogens is 278 g/mol. The van der Waals surface area contributed by atoms with Gasteiger partial charge in [0.2, 0.25) is 0 Å². The fraction of sp³-hybridized carbons (Fsp3) is 0.0588. The first-order valence-corrected chi connectivity index (χ1v) is 7.64. The number of rotatable bonds is 3. The minimum atomic E-state index is 0.796. The summed E-state index contributed by atoms with van der Waals surface area (Å²) < 4.78 is 2.05. The Kier molecular flexibility index (Phi) is 3.01. The molecule has 0 atom stereocenters. The summed E-state index contributed by atoms with van der Waals surface area (Å²) in [5.41, 5.74) is 2.36. The highest BCUT2D eigenvalue weighted by Gasteiger charge is 2.07. The lowest BCUT2D eigenvalue weighted by Crippen LogP contribution is -1.97. The summed E-state index contributed by atoms with van der Waals surface area (Å²) >= 11 is 1.77. The second-order valence-corrected chi connectivity index (χ2v) is 5.85. The third-order valence-corrected chi connectivity index (χ3v) is 4.55. The number of nitrogens with zero attached hydrogens (tertiary/aromatic N) is 3. The zero-order valence-corrected chi connectivity index (χ0v) is 12.1. The van der Waals surface area contributed by atoms with Gasteiger partial charge in [-0.05, 0) is 22.4 Å². The fourth-order valence-corrected chi connectivity index (χ4v) is 3.52. The van der Waals surface area contributed by atoms with Crippen molar-refractivity contribution < 1.29 is 0 Å². The molecule has 0 bridgehead atoms. The molecule has 4 heteroatoms. The number of fused-ring (bicyclic) bond motifs is 1. The summed E-state index contributed by atoms with van der Waals surface area (Å²) in [6, 6.07) is 10.7. The van der Waals surface area contributed by atoms with E-state index < -0.39 is 0 Å². The van der Waals surface area contributed by atoms with E-state index in [-0.39, 0.29) is 0 Å². The molecule has 3 aromatic heterocycles. The van der Waals surface area contributed by atoms with Crippen LogP contribution in [0, 0.1) is 0 Å². The highest BCUT2D eigenvalue weighted by atomic mass is 32.1. The fourth-order valence-electron chi connectivity index (χ4n) is 2.51. The molecule has 0 aliphatic carbocycles. The van der Waals surface area contributed by atoms with Gasteiger partial charge in [-0.15, -0.1) is 11.3 Å². The molecule has 0 aliphatic rings. The molecule has 0 saturated heterocycles. The number of hydrogen-bond acceptors (Lipinski definition) is 3. The van der Waals surface area contributed by atoms with Crippen LogP contribution >= 0.6 is 11.3 Å². The van der Waals surface area contributed by atoms with Crippen molar-refractivity contribution in [2.45, 2.75) is 6.54 Å². The molecule has 4 aromatic rings. The van der Waals surface area contributed by atoms with Crippen molar-refractivity contribution >= 4 is 22.1 Å². The van der Waals surface area contributed by atoms with Crippen LogP contribution in [0.15, 0.2) is 66.8 Å². The molecule has 3 heterocycles. The molecule has 4 rings (SSSR count). The quantitative estimate of drug-likeness (QED) is 0.566. The Morgan fingerprint density at radius 3 is 2.95 bits per heavy atom. The SMILES string of the molecule is c1ccc2c(-c3cncc(Cn4ccnc4)c3)scc2c1. The van der Waals surface area contributed by atoms with Crippen molar-refractivity contribution in [3.8, 4) is 10.4 Å². The molecule has 0 amide bonds. The normalized spacial score (nSPS) is 11.0. The first-order valence-electron chi connectivity index (χ1n) is 6.76. The molecule has 0 saturated carbocycles. The van der Waals surface area contributed by atoms with Crippen molar-refractivity contribution in [2.75, 3.05) is 0 Å². The Balaban J connectivity index is 1.75. The van der Waals surface area contributed by atoms with Gasteiger partial charge in [0.25, 0.3) is 0 Å². The second kappa shape index (κ2) is 5.14. The smallest absolute Gasteiger partial charge is 0.0949 e. The van der Waals surface area contributed by atoms with Gasteiger partial charge in [-0.25, -0.2) is 4.98 Å². The first kappa shape index (κ1) is 12.3. The molecule has 0 fully saturated rings. The van der Waals surface area contributed by atoms with E-state index in [1.165, 1.54) is 26.8 Å². The third-order valence-electron chi connectivity index (χ3n) is 3.49. The minimum absolute atomic E-state index is 0.796. The molecule has 0 N–H and O–H groups in total. The molecule has 3 nitrogen and oxygen atoms in total. The zero-order chi connectivity index (χ0) is 14.1. The Morgan fingerprint density at radius 1 is 1.10 bits per heavy atom. The van der Waals surface area contributed by atoms with Gasteiger partial charge < -0.3 is 4.57 Å². The standard InChI is InChI=1S/C17H13N3S/c1-2-4-16-14(3-1)11-21-17(16)15-7-13(8-19-9-15)10-20-6-5-18-12-20/h1-9,11-12H,10H2. The van der Waals surface area contributed by atoms with E-state index in [0.29, 0.717) is 0 Å². The van der Waals surface area contributed by atoms with Gasteiger partial charge in [-0.1, -0.05) is 24.3 Å². The van der Waals surface area contributed by atoms with Crippen molar-refractivity contribution in [1.29, 1.82) is 0 Å².